The van der Waals surface area contributed by atoms with Crippen molar-refractivity contribution < 1.29 is 23.5 Å². The van der Waals surface area contributed by atoms with E-state index in [-0.39, 0.29) is 36.3 Å². The van der Waals surface area contributed by atoms with E-state index in [2.05, 4.69) is 24.4 Å². The quantitative estimate of drug-likeness (QED) is 0.319. The van der Waals surface area contributed by atoms with E-state index in [0.29, 0.717) is 22.6 Å². The van der Waals surface area contributed by atoms with E-state index >= 15 is 0 Å². The molecule has 1 saturated heterocycles. The Hall–Kier alpha value is -4.14. The first-order valence-corrected chi connectivity index (χ1v) is 13.1. The van der Waals surface area contributed by atoms with Gasteiger partial charge in [0.15, 0.2) is 18.1 Å². The van der Waals surface area contributed by atoms with Crippen LogP contribution in [0.15, 0.2) is 53.6 Å². The lowest BCUT2D eigenvalue weighted by molar-refractivity contribution is -0.139. The highest BCUT2D eigenvalue weighted by Gasteiger charge is 2.29. The van der Waals surface area contributed by atoms with E-state index in [9.17, 15) is 14.0 Å². The fraction of sp³-hybridized carbons (Fsp3) is 0.367. The Labute approximate surface area is 228 Å². The number of carbonyl (C=O) groups is 2. The van der Waals surface area contributed by atoms with Gasteiger partial charge in [0.25, 0.3) is 11.8 Å². The SMILES string of the molecule is COc1cc(/C=N\NC(=O)c2cc(C)n(-c3ccc(F)cc3)c2C)ccc1OCC(=O)N1[C@H](C)CCC[C@@H]1C. The van der Waals surface area contributed by atoms with Gasteiger partial charge in [-0.25, -0.2) is 9.82 Å². The standard InChI is InChI=1S/C30H35FN4O4/c1-19-7-6-8-20(2)34(19)29(36)18-39-27-14-9-23(16-28(27)38-5)17-32-33-30(37)26-15-21(3)35(22(26)4)25-12-10-24(31)11-13-25/h9-17,19-20H,6-8,18H2,1-5H3,(H,33,37)/b32-17-/t19-,20+. The van der Waals surface area contributed by atoms with Crippen LogP contribution in [0.2, 0.25) is 0 Å². The number of nitrogens with one attached hydrogen (secondary N) is 1. The fourth-order valence-electron chi connectivity index (χ4n) is 5.22. The molecule has 3 aromatic rings. The number of likely N-dealkylation sites (tertiary alicyclic amines) is 1. The molecule has 0 aliphatic carbocycles. The normalized spacial score (nSPS) is 17.3. The van der Waals surface area contributed by atoms with E-state index in [1.807, 2.05) is 23.3 Å². The molecular weight excluding hydrogens is 499 g/mol. The van der Waals surface area contributed by atoms with Gasteiger partial charge >= 0.3 is 0 Å². The Bertz CT molecular complexity index is 1360. The Morgan fingerprint density at radius 1 is 1.05 bits per heavy atom. The minimum absolute atomic E-state index is 0.0381. The Morgan fingerprint density at radius 2 is 1.74 bits per heavy atom. The topological polar surface area (TPSA) is 85.2 Å². The molecule has 206 valence electrons. The summed E-state index contributed by atoms with van der Waals surface area (Å²) in [6.45, 7) is 7.80. The lowest BCUT2D eigenvalue weighted by Crippen LogP contribution is -2.49. The zero-order chi connectivity index (χ0) is 28.1. The lowest BCUT2D eigenvalue weighted by Gasteiger charge is -2.39. The highest BCUT2D eigenvalue weighted by molar-refractivity contribution is 5.96. The maximum atomic E-state index is 13.3. The van der Waals surface area contributed by atoms with Gasteiger partial charge in [0.2, 0.25) is 0 Å². The monoisotopic (exact) mass is 534 g/mol. The van der Waals surface area contributed by atoms with E-state index in [4.69, 9.17) is 9.47 Å². The first kappa shape index (κ1) is 27.9. The average molecular weight is 535 g/mol. The van der Waals surface area contributed by atoms with Gasteiger partial charge in [-0.3, -0.25) is 9.59 Å². The molecular formula is C30H35FN4O4. The zero-order valence-electron chi connectivity index (χ0n) is 23.0. The van der Waals surface area contributed by atoms with E-state index in [1.165, 1.54) is 25.5 Å². The van der Waals surface area contributed by atoms with Gasteiger partial charge < -0.3 is 18.9 Å². The van der Waals surface area contributed by atoms with Crippen LogP contribution in [0, 0.1) is 19.7 Å². The van der Waals surface area contributed by atoms with Gasteiger partial charge in [0, 0.05) is 29.2 Å². The number of halogens is 1. The second-order valence-electron chi connectivity index (χ2n) is 9.92. The van der Waals surface area contributed by atoms with Crippen LogP contribution in [-0.4, -0.2) is 53.3 Å². The van der Waals surface area contributed by atoms with E-state index < -0.39 is 0 Å². The summed E-state index contributed by atoms with van der Waals surface area (Å²) < 4.78 is 26.5. The van der Waals surface area contributed by atoms with Crippen molar-refractivity contribution in [3.05, 3.63) is 76.9 Å². The summed E-state index contributed by atoms with van der Waals surface area (Å²) in [4.78, 5) is 27.5. The first-order valence-electron chi connectivity index (χ1n) is 13.1. The number of ether oxygens (including phenoxy) is 2. The van der Waals surface area contributed by atoms with Gasteiger partial charge in [-0.15, -0.1) is 0 Å². The smallest absolute Gasteiger partial charge is 0.273 e. The summed E-state index contributed by atoms with van der Waals surface area (Å²) in [6.07, 6.45) is 4.64. The molecule has 1 N–H and O–H groups in total. The molecule has 0 spiro atoms. The van der Waals surface area contributed by atoms with Crippen LogP contribution in [0.5, 0.6) is 11.5 Å². The highest BCUT2D eigenvalue weighted by Crippen LogP contribution is 2.29. The molecule has 1 fully saturated rings. The molecule has 2 heterocycles. The van der Waals surface area contributed by atoms with Crippen molar-refractivity contribution in [3.63, 3.8) is 0 Å². The molecule has 2 amide bonds. The van der Waals surface area contributed by atoms with E-state index in [1.54, 1.807) is 36.4 Å². The number of aryl methyl sites for hydroxylation is 1. The third kappa shape index (κ3) is 6.30. The number of amides is 2. The zero-order valence-corrected chi connectivity index (χ0v) is 23.0. The minimum Gasteiger partial charge on any atom is -0.493 e. The first-order chi connectivity index (χ1) is 18.7. The van der Waals surface area contributed by atoms with E-state index in [0.717, 1.165) is 36.3 Å². The van der Waals surface area contributed by atoms with Crippen LogP contribution < -0.4 is 14.9 Å². The van der Waals surface area contributed by atoms with Gasteiger partial charge in [-0.2, -0.15) is 5.10 Å². The number of hydrazone groups is 1. The Morgan fingerprint density at radius 3 is 2.41 bits per heavy atom. The number of methoxy groups -OCH3 is 1. The largest absolute Gasteiger partial charge is 0.493 e. The van der Waals surface area contributed by atoms with Gasteiger partial charge in [-0.1, -0.05) is 0 Å². The van der Waals surface area contributed by atoms with Crippen molar-refractivity contribution in [2.75, 3.05) is 13.7 Å². The molecule has 2 atom stereocenters. The molecule has 1 aromatic heterocycles. The predicted molar refractivity (Wildman–Crippen MR) is 148 cm³/mol. The number of hydrogen-bond donors (Lipinski definition) is 1. The highest BCUT2D eigenvalue weighted by atomic mass is 19.1. The molecule has 8 nitrogen and oxygen atoms in total. The van der Waals surface area contributed by atoms with Crippen molar-refractivity contribution >= 4 is 18.0 Å². The van der Waals surface area contributed by atoms with Gasteiger partial charge in [0.1, 0.15) is 5.82 Å². The third-order valence-corrected chi connectivity index (χ3v) is 7.16. The number of aromatic nitrogens is 1. The van der Waals surface area contributed by atoms with Crippen LogP contribution >= 0.6 is 0 Å². The number of carbonyl (C=O) groups excluding carboxylic acids is 2. The number of piperidine rings is 1. The number of nitrogens with zero attached hydrogens (tertiary/aromatic N) is 3. The molecule has 1 aliphatic heterocycles. The molecule has 1 aliphatic rings. The lowest BCUT2D eigenvalue weighted by atomic mass is 9.97. The summed E-state index contributed by atoms with van der Waals surface area (Å²) in [6, 6.07) is 13.5. The number of rotatable bonds is 8. The Balaban J connectivity index is 1.39. The maximum Gasteiger partial charge on any atom is 0.273 e. The van der Waals surface area contributed by atoms with Crippen LogP contribution in [-0.2, 0) is 4.79 Å². The van der Waals surface area contributed by atoms with Crippen LogP contribution in [0.25, 0.3) is 5.69 Å². The van der Waals surface area contributed by atoms with Crippen LogP contribution in [0.4, 0.5) is 4.39 Å². The van der Waals surface area contributed by atoms with Crippen molar-refractivity contribution in [1.29, 1.82) is 0 Å². The molecule has 9 heteroatoms. The summed E-state index contributed by atoms with van der Waals surface area (Å²) in [5.41, 5.74) is 6.04. The second-order valence-corrected chi connectivity index (χ2v) is 9.92. The fourth-order valence-corrected chi connectivity index (χ4v) is 5.22. The molecule has 0 unspecified atom stereocenters. The van der Waals surface area contributed by atoms with Crippen LogP contribution in [0.3, 0.4) is 0 Å². The maximum absolute atomic E-state index is 13.3. The van der Waals surface area contributed by atoms with Gasteiger partial charge in [0.05, 0.1) is 18.9 Å². The predicted octanol–water partition coefficient (Wildman–Crippen LogP) is 5.17. The second kappa shape index (κ2) is 12.1. The van der Waals surface area contributed by atoms with Crippen molar-refractivity contribution in [2.24, 2.45) is 5.10 Å². The molecule has 0 saturated carbocycles. The number of hydrogen-bond acceptors (Lipinski definition) is 5. The minimum atomic E-state index is -0.362. The van der Waals surface area contributed by atoms with Crippen molar-refractivity contribution in [2.45, 2.75) is 59.0 Å². The molecule has 0 radical (unpaired) electrons. The third-order valence-electron chi connectivity index (χ3n) is 7.16. The van der Waals surface area contributed by atoms with Crippen LogP contribution in [0.1, 0.15) is 60.4 Å². The summed E-state index contributed by atoms with van der Waals surface area (Å²) in [7, 11) is 1.53. The van der Waals surface area contributed by atoms with Crippen molar-refractivity contribution in [1.82, 2.24) is 14.9 Å². The Kier molecular flexibility index (Phi) is 8.69. The molecule has 0 bridgehead atoms. The number of benzene rings is 2. The summed E-state index contributed by atoms with van der Waals surface area (Å²) in [5, 5.41) is 4.10. The average Bonchev–Trinajstić information content (AvgIpc) is 3.21. The van der Waals surface area contributed by atoms with Gasteiger partial charge in [-0.05, 0) is 101 Å². The molecule has 4 rings (SSSR count). The summed E-state index contributed by atoms with van der Waals surface area (Å²) in [5.74, 6) is 0.196. The summed E-state index contributed by atoms with van der Waals surface area (Å²) >= 11 is 0. The molecule has 2 aromatic carbocycles. The van der Waals surface area contributed by atoms with Crippen molar-refractivity contribution in [3.8, 4) is 17.2 Å². The molecule has 39 heavy (non-hydrogen) atoms.